The first-order chi connectivity index (χ1) is 6.19. The summed E-state index contributed by atoms with van der Waals surface area (Å²) < 4.78 is 7.25. The number of nitrogens with zero attached hydrogens (tertiary/aromatic N) is 2. The highest BCUT2D eigenvalue weighted by molar-refractivity contribution is 5.26. The fourth-order valence-electron chi connectivity index (χ4n) is 1.16. The van der Waals surface area contributed by atoms with Crippen molar-refractivity contribution >= 4 is 0 Å². The minimum Gasteiger partial charge on any atom is -0.490 e. The Labute approximate surface area is 78.7 Å². The molecule has 0 fully saturated rings. The van der Waals surface area contributed by atoms with Gasteiger partial charge in [0.05, 0.1) is 12.8 Å². The number of nitrogens with two attached hydrogens (primary N) is 1. The predicted octanol–water partition coefficient (Wildman–Crippen LogP) is 1.32. The van der Waals surface area contributed by atoms with E-state index in [4.69, 9.17) is 10.5 Å². The molecule has 1 atom stereocenters. The second-order valence-corrected chi connectivity index (χ2v) is 2.96. The SMILES string of the molecule is CCOc1cn(CC)nc1C(C)N. The largest absolute Gasteiger partial charge is 0.490 e. The average Bonchev–Trinajstić information content (AvgIpc) is 2.48. The van der Waals surface area contributed by atoms with Crippen molar-refractivity contribution in [2.45, 2.75) is 33.4 Å². The first-order valence-corrected chi connectivity index (χ1v) is 4.64. The van der Waals surface area contributed by atoms with E-state index in [1.807, 2.05) is 31.6 Å². The van der Waals surface area contributed by atoms with Crippen LogP contribution < -0.4 is 10.5 Å². The zero-order valence-electron chi connectivity index (χ0n) is 8.45. The summed E-state index contributed by atoms with van der Waals surface area (Å²) in [5.41, 5.74) is 6.59. The molecule has 0 saturated heterocycles. The van der Waals surface area contributed by atoms with Gasteiger partial charge in [0.1, 0.15) is 5.69 Å². The first kappa shape index (κ1) is 10.1. The van der Waals surface area contributed by atoms with E-state index in [0.717, 1.165) is 18.0 Å². The summed E-state index contributed by atoms with van der Waals surface area (Å²) in [4.78, 5) is 0. The summed E-state index contributed by atoms with van der Waals surface area (Å²) >= 11 is 0. The van der Waals surface area contributed by atoms with Crippen LogP contribution >= 0.6 is 0 Å². The topological polar surface area (TPSA) is 53.1 Å². The van der Waals surface area contributed by atoms with E-state index in [0.29, 0.717) is 6.61 Å². The van der Waals surface area contributed by atoms with Crippen molar-refractivity contribution in [2.75, 3.05) is 6.61 Å². The maximum absolute atomic E-state index is 5.76. The number of ether oxygens (including phenoxy) is 1. The number of hydrogen-bond donors (Lipinski definition) is 1. The van der Waals surface area contributed by atoms with E-state index in [2.05, 4.69) is 5.10 Å². The van der Waals surface area contributed by atoms with Crippen LogP contribution in [0.5, 0.6) is 5.75 Å². The lowest BCUT2D eigenvalue weighted by molar-refractivity contribution is 0.334. The molecular formula is C9H17N3O. The number of hydrogen-bond acceptors (Lipinski definition) is 3. The predicted molar refractivity (Wildman–Crippen MR) is 51.7 cm³/mol. The molecule has 0 aliphatic heterocycles. The van der Waals surface area contributed by atoms with Crippen LogP contribution in [0.15, 0.2) is 6.20 Å². The summed E-state index contributed by atoms with van der Waals surface area (Å²) in [6.45, 7) is 7.38. The highest BCUT2D eigenvalue weighted by Crippen LogP contribution is 2.21. The molecule has 4 heteroatoms. The highest BCUT2D eigenvalue weighted by Gasteiger charge is 2.12. The van der Waals surface area contributed by atoms with Gasteiger partial charge in [-0.25, -0.2) is 0 Å². The van der Waals surface area contributed by atoms with Crippen molar-refractivity contribution < 1.29 is 4.74 Å². The standard InChI is InChI=1S/C9H17N3O/c1-4-12-6-8(13-5-2)9(11-12)7(3)10/h6-7H,4-5,10H2,1-3H3. The van der Waals surface area contributed by atoms with Crippen LogP contribution in [0.4, 0.5) is 0 Å². The molecule has 0 radical (unpaired) electrons. The number of aromatic nitrogens is 2. The normalized spacial score (nSPS) is 12.9. The summed E-state index contributed by atoms with van der Waals surface area (Å²) in [7, 11) is 0. The Kier molecular flexibility index (Phi) is 3.31. The van der Waals surface area contributed by atoms with E-state index in [-0.39, 0.29) is 6.04 Å². The minimum absolute atomic E-state index is 0.0747. The monoisotopic (exact) mass is 183 g/mol. The van der Waals surface area contributed by atoms with Gasteiger partial charge in [-0.15, -0.1) is 0 Å². The molecule has 13 heavy (non-hydrogen) atoms. The number of rotatable bonds is 4. The van der Waals surface area contributed by atoms with Gasteiger partial charge >= 0.3 is 0 Å². The van der Waals surface area contributed by atoms with Crippen LogP contribution in [-0.4, -0.2) is 16.4 Å². The highest BCUT2D eigenvalue weighted by atomic mass is 16.5. The van der Waals surface area contributed by atoms with Gasteiger partial charge in [-0.2, -0.15) is 5.10 Å². The molecular weight excluding hydrogens is 166 g/mol. The Morgan fingerprint density at radius 2 is 2.31 bits per heavy atom. The van der Waals surface area contributed by atoms with Gasteiger partial charge < -0.3 is 10.5 Å². The van der Waals surface area contributed by atoms with Crippen LogP contribution in [0.25, 0.3) is 0 Å². The molecule has 4 nitrogen and oxygen atoms in total. The van der Waals surface area contributed by atoms with Gasteiger partial charge in [0.25, 0.3) is 0 Å². The molecule has 2 N–H and O–H groups in total. The molecule has 0 aliphatic rings. The van der Waals surface area contributed by atoms with Gasteiger partial charge in [0.2, 0.25) is 0 Å². The smallest absolute Gasteiger partial charge is 0.161 e. The molecule has 1 aromatic heterocycles. The molecule has 0 aromatic carbocycles. The van der Waals surface area contributed by atoms with Gasteiger partial charge in [0, 0.05) is 12.6 Å². The van der Waals surface area contributed by atoms with E-state index in [9.17, 15) is 0 Å². The lowest BCUT2D eigenvalue weighted by atomic mass is 10.2. The Hall–Kier alpha value is -1.03. The van der Waals surface area contributed by atoms with Gasteiger partial charge in [0.15, 0.2) is 5.75 Å². The molecule has 0 aliphatic carbocycles. The van der Waals surface area contributed by atoms with E-state index in [1.54, 1.807) is 0 Å². The van der Waals surface area contributed by atoms with Gasteiger partial charge in [-0.05, 0) is 20.8 Å². The first-order valence-electron chi connectivity index (χ1n) is 4.64. The Bertz CT molecular complexity index is 268. The quantitative estimate of drug-likeness (QED) is 0.766. The van der Waals surface area contributed by atoms with Crippen molar-refractivity contribution in [1.29, 1.82) is 0 Å². The molecule has 0 spiro atoms. The van der Waals surface area contributed by atoms with Crippen molar-refractivity contribution in [1.82, 2.24) is 9.78 Å². The molecule has 0 amide bonds. The fraction of sp³-hybridized carbons (Fsp3) is 0.667. The average molecular weight is 183 g/mol. The third-order valence-electron chi connectivity index (χ3n) is 1.81. The van der Waals surface area contributed by atoms with Crippen LogP contribution in [0.1, 0.15) is 32.5 Å². The molecule has 1 unspecified atom stereocenters. The molecule has 74 valence electrons. The third-order valence-corrected chi connectivity index (χ3v) is 1.81. The van der Waals surface area contributed by atoms with Crippen molar-refractivity contribution in [3.8, 4) is 5.75 Å². The van der Waals surface area contributed by atoms with Crippen LogP contribution in [0.3, 0.4) is 0 Å². The summed E-state index contributed by atoms with van der Waals surface area (Å²) in [6.07, 6.45) is 1.89. The van der Waals surface area contributed by atoms with E-state index >= 15 is 0 Å². The molecule has 1 heterocycles. The maximum atomic E-state index is 5.76. The molecule has 1 aromatic rings. The van der Waals surface area contributed by atoms with E-state index in [1.165, 1.54) is 0 Å². The number of aryl methyl sites for hydroxylation is 1. The molecule has 0 bridgehead atoms. The summed E-state index contributed by atoms with van der Waals surface area (Å²) in [5, 5.41) is 4.31. The summed E-state index contributed by atoms with van der Waals surface area (Å²) in [5.74, 6) is 0.805. The lowest BCUT2D eigenvalue weighted by Crippen LogP contribution is -2.08. The summed E-state index contributed by atoms with van der Waals surface area (Å²) in [6, 6.07) is -0.0747. The van der Waals surface area contributed by atoms with Crippen molar-refractivity contribution in [3.63, 3.8) is 0 Å². The maximum Gasteiger partial charge on any atom is 0.161 e. The second kappa shape index (κ2) is 4.28. The van der Waals surface area contributed by atoms with Gasteiger partial charge in [-0.1, -0.05) is 0 Å². The third kappa shape index (κ3) is 2.21. The van der Waals surface area contributed by atoms with Crippen LogP contribution in [0.2, 0.25) is 0 Å². The zero-order chi connectivity index (χ0) is 9.84. The Morgan fingerprint density at radius 3 is 2.77 bits per heavy atom. The van der Waals surface area contributed by atoms with Crippen LogP contribution in [-0.2, 0) is 6.54 Å². The fourth-order valence-corrected chi connectivity index (χ4v) is 1.16. The lowest BCUT2D eigenvalue weighted by Gasteiger charge is -2.04. The van der Waals surface area contributed by atoms with Crippen LogP contribution in [0, 0.1) is 0 Å². The zero-order valence-corrected chi connectivity index (χ0v) is 8.45. The molecule has 1 rings (SSSR count). The second-order valence-electron chi connectivity index (χ2n) is 2.96. The van der Waals surface area contributed by atoms with Crippen molar-refractivity contribution in [2.24, 2.45) is 5.73 Å². The van der Waals surface area contributed by atoms with E-state index < -0.39 is 0 Å². The van der Waals surface area contributed by atoms with Gasteiger partial charge in [-0.3, -0.25) is 4.68 Å². The Morgan fingerprint density at radius 1 is 1.62 bits per heavy atom. The Balaban J connectivity index is 2.93. The minimum atomic E-state index is -0.0747. The van der Waals surface area contributed by atoms with Crippen molar-refractivity contribution in [3.05, 3.63) is 11.9 Å². The molecule has 0 saturated carbocycles.